The molecule has 22 heavy (non-hydrogen) atoms. The zero-order chi connectivity index (χ0) is 15.5. The van der Waals surface area contributed by atoms with E-state index in [1.165, 1.54) is 6.08 Å². The lowest BCUT2D eigenvalue weighted by atomic mass is 9.90. The van der Waals surface area contributed by atoms with Gasteiger partial charge in [-0.1, -0.05) is 48.0 Å². The zero-order valence-corrected chi connectivity index (χ0v) is 12.5. The highest BCUT2D eigenvalue weighted by atomic mass is 35.5. The fourth-order valence-electron chi connectivity index (χ4n) is 2.38. The van der Waals surface area contributed by atoms with Gasteiger partial charge in [-0.3, -0.25) is 9.59 Å². The molecule has 3 rings (SSSR count). The Hall–Kier alpha value is -2.23. The van der Waals surface area contributed by atoms with E-state index >= 15 is 0 Å². The van der Waals surface area contributed by atoms with E-state index in [1.807, 2.05) is 12.1 Å². The van der Waals surface area contributed by atoms with Gasteiger partial charge in [0.15, 0.2) is 11.6 Å². The van der Waals surface area contributed by atoms with Crippen LogP contribution < -0.4 is 0 Å². The summed E-state index contributed by atoms with van der Waals surface area (Å²) in [6.07, 6.45) is 1.36. The molecule has 1 aliphatic carbocycles. The monoisotopic (exact) mass is 312 g/mol. The molecule has 110 valence electrons. The van der Waals surface area contributed by atoms with E-state index in [4.69, 9.17) is 16.3 Å². The van der Waals surface area contributed by atoms with Gasteiger partial charge in [0.1, 0.15) is 0 Å². The number of Topliss-reactive ketones (excluding diaryl/α,β-unsaturated/α-hetero) is 1. The van der Waals surface area contributed by atoms with Crippen LogP contribution in [-0.2, 0) is 11.3 Å². The number of ether oxygens (including phenoxy) is 1. The van der Waals surface area contributed by atoms with E-state index in [9.17, 15) is 9.59 Å². The Morgan fingerprint density at radius 2 is 1.68 bits per heavy atom. The minimum absolute atomic E-state index is 0.103. The second-order valence-electron chi connectivity index (χ2n) is 5.03. The Morgan fingerprint density at radius 1 is 0.909 bits per heavy atom. The van der Waals surface area contributed by atoms with Crippen LogP contribution in [-0.4, -0.2) is 18.2 Å². The fraction of sp³-hybridized carbons (Fsp3) is 0.111. The summed E-state index contributed by atoms with van der Waals surface area (Å²) in [5.74, 6) is -0.308. The van der Waals surface area contributed by atoms with Crippen molar-refractivity contribution in [2.75, 3.05) is 6.61 Å². The molecule has 0 radical (unpaired) electrons. The highest BCUT2D eigenvalue weighted by Gasteiger charge is 2.24. The average Bonchev–Trinajstić information content (AvgIpc) is 2.52. The molecule has 0 atom stereocenters. The second kappa shape index (κ2) is 6.26. The Balaban J connectivity index is 1.69. The molecule has 0 fully saturated rings. The van der Waals surface area contributed by atoms with Gasteiger partial charge in [-0.15, -0.1) is 0 Å². The van der Waals surface area contributed by atoms with Gasteiger partial charge >= 0.3 is 0 Å². The van der Waals surface area contributed by atoms with Crippen molar-refractivity contribution in [1.29, 1.82) is 0 Å². The van der Waals surface area contributed by atoms with E-state index in [0.717, 1.165) is 5.56 Å². The lowest BCUT2D eigenvalue weighted by molar-refractivity contribution is 0.0933. The SMILES string of the molecule is O=C1C=C(COCc2cccc(Cl)c2)C(=O)c2ccccc21. The van der Waals surface area contributed by atoms with Gasteiger partial charge in [0.05, 0.1) is 13.2 Å². The van der Waals surface area contributed by atoms with Crippen LogP contribution in [0.3, 0.4) is 0 Å². The number of rotatable bonds is 4. The standard InChI is InChI=1S/C18H13ClO3/c19-14-5-3-4-12(8-14)10-22-11-13-9-17(20)15-6-1-2-7-16(15)18(13)21/h1-9H,10-11H2. The van der Waals surface area contributed by atoms with Crippen LogP contribution in [0.4, 0.5) is 0 Å². The summed E-state index contributed by atoms with van der Waals surface area (Å²) >= 11 is 5.91. The van der Waals surface area contributed by atoms with Crippen molar-refractivity contribution in [1.82, 2.24) is 0 Å². The molecule has 0 aliphatic heterocycles. The Morgan fingerprint density at radius 3 is 2.45 bits per heavy atom. The molecule has 0 amide bonds. The Labute approximate surface area is 133 Å². The van der Waals surface area contributed by atoms with Crippen LogP contribution in [0.2, 0.25) is 5.02 Å². The minimum atomic E-state index is -0.156. The van der Waals surface area contributed by atoms with Crippen LogP contribution in [0.25, 0.3) is 0 Å². The summed E-state index contributed by atoms with van der Waals surface area (Å²) in [5.41, 5.74) is 2.19. The molecule has 0 aromatic heterocycles. The number of fused-ring (bicyclic) bond motifs is 1. The molecular weight excluding hydrogens is 300 g/mol. The molecule has 0 spiro atoms. The van der Waals surface area contributed by atoms with Crippen molar-refractivity contribution < 1.29 is 14.3 Å². The van der Waals surface area contributed by atoms with E-state index in [2.05, 4.69) is 0 Å². The summed E-state index contributed by atoms with van der Waals surface area (Å²) in [7, 11) is 0. The van der Waals surface area contributed by atoms with E-state index in [0.29, 0.717) is 28.3 Å². The number of ketones is 2. The molecule has 0 saturated heterocycles. The number of hydrogen-bond acceptors (Lipinski definition) is 3. The minimum Gasteiger partial charge on any atom is -0.372 e. The summed E-state index contributed by atoms with van der Waals surface area (Å²) in [5, 5.41) is 0.637. The van der Waals surface area contributed by atoms with Crippen molar-refractivity contribution in [2.24, 2.45) is 0 Å². The summed E-state index contributed by atoms with van der Waals surface area (Å²) in [4.78, 5) is 24.4. The molecule has 2 aromatic carbocycles. The molecule has 0 bridgehead atoms. The quantitative estimate of drug-likeness (QED) is 0.861. The van der Waals surface area contributed by atoms with Gasteiger partial charge in [-0.25, -0.2) is 0 Å². The molecular formula is C18H13ClO3. The first kappa shape index (κ1) is 14.7. The van der Waals surface area contributed by atoms with Crippen LogP contribution >= 0.6 is 11.6 Å². The van der Waals surface area contributed by atoms with Crippen molar-refractivity contribution in [3.05, 3.63) is 81.9 Å². The lowest BCUT2D eigenvalue weighted by Crippen LogP contribution is -2.19. The molecule has 1 aliphatic rings. The zero-order valence-electron chi connectivity index (χ0n) is 11.7. The maximum absolute atomic E-state index is 12.3. The molecule has 0 N–H and O–H groups in total. The number of carbonyl (C=O) groups is 2. The largest absolute Gasteiger partial charge is 0.372 e. The van der Waals surface area contributed by atoms with Crippen molar-refractivity contribution in [3.8, 4) is 0 Å². The smallest absolute Gasteiger partial charge is 0.192 e. The third-order valence-corrected chi connectivity index (χ3v) is 3.68. The van der Waals surface area contributed by atoms with Crippen LogP contribution in [0.5, 0.6) is 0 Å². The normalized spacial score (nSPS) is 13.8. The molecule has 0 heterocycles. The summed E-state index contributed by atoms with van der Waals surface area (Å²) in [6.45, 7) is 0.437. The van der Waals surface area contributed by atoms with Crippen molar-refractivity contribution in [3.63, 3.8) is 0 Å². The molecule has 3 nitrogen and oxygen atoms in total. The van der Waals surface area contributed by atoms with E-state index < -0.39 is 0 Å². The van der Waals surface area contributed by atoms with Crippen molar-refractivity contribution >= 4 is 23.2 Å². The number of halogens is 1. The van der Waals surface area contributed by atoms with Gasteiger partial charge in [-0.2, -0.15) is 0 Å². The number of allylic oxidation sites excluding steroid dienone is 1. The summed E-state index contributed by atoms with van der Waals surface area (Å²) < 4.78 is 5.55. The average molecular weight is 313 g/mol. The third-order valence-electron chi connectivity index (χ3n) is 3.45. The first-order valence-electron chi connectivity index (χ1n) is 6.86. The highest BCUT2D eigenvalue weighted by molar-refractivity contribution is 6.30. The van der Waals surface area contributed by atoms with Crippen molar-refractivity contribution in [2.45, 2.75) is 6.61 Å². The predicted molar refractivity (Wildman–Crippen MR) is 84.3 cm³/mol. The first-order chi connectivity index (χ1) is 10.6. The van der Waals surface area contributed by atoms with E-state index in [-0.39, 0.29) is 18.2 Å². The molecule has 4 heteroatoms. The first-order valence-corrected chi connectivity index (χ1v) is 7.24. The Bertz CT molecular complexity index is 777. The van der Waals surface area contributed by atoms with E-state index in [1.54, 1.807) is 36.4 Å². The molecule has 0 saturated carbocycles. The number of carbonyl (C=O) groups excluding carboxylic acids is 2. The van der Waals surface area contributed by atoms with Gasteiger partial charge in [0, 0.05) is 21.7 Å². The summed E-state index contributed by atoms with van der Waals surface area (Å²) in [6, 6.07) is 14.1. The predicted octanol–water partition coefficient (Wildman–Crippen LogP) is 3.86. The van der Waals surface area contributed by atoms with Gasteiger partial charge in [0.25, 0.3) is 0 Å². The van der Waals surface area contributed by atoms with Gasteiger partial charge < -0.3 is 4.74 Å². The number of hydrogen-bond donors (Lipinski definition) is 0. The highest BCUT2D eigenvalue weighted by Crippen LogP contribution is 2.21. The van der Waals surface area contributed by atoms with Crippen LogP contribution in [0, 0.1) is 0 Å². The third kappa shape index (κ3) is 3.01. The maximum Gasteiger partial charge on any atom is 0.192 e. The maximum atomic E-state index is 12.3. The Kier molecular flexibility index (Phi) is 4.18. The lowest BCUT2D eigenvalue weighted by Gasteiger charge is -2.15. The van der Waals surface area contributed by atoms with Crippen LogP contribution in [0.1, 0.15) is 26.3 Å². The number of benzene rings is 2. The van der Waals surface area contributed by atoms with Crippen LogP contribution in [0.15, 0.2) is 60.2 Å². The topological polar surface area (TPSA) is 43.4 Å². The second-order valence-corrected chi connectivity index (χ2v) is 5.47. The molecule has 0 unspecified atom stereocenters. The van der Waals surface area contributed by atoms with Gasteiger partial charge in [-0.05, 0) is 23.8 Å². The molecule has 2 aromatic rings. The van der Waals surface area contributed by atoms with Gasteiger partial charge in [0.2, 0.25) is 0 Å². The fourth-order valence-corrected chi connectivity index (χ4v) is 2.60.